The van der Waals surface area contributed by atoms with Crippen LogP contribution in [0.2, 0.25) is 5.02 Å². The number of aromatic nitrogens is 1. The van der Waals surface area contributed by atoms with E-state index in [4.69, 9.17) is 11.6 Å². The maximum atomic E-state index is 14.1. The number of hydrogen-bond acceptors (Lipinski definition) is 4. The topological polar surface area (TPSA) is 99.3 Å². The van der Waals surface area contributed by atoms with E-state index in [9.17, 15) is 22.4 Å². The van der Waals surface area contributed by atoms with Crippen molar-refractivity contribution in [1.82, 2.24) is 9.29 Å². The monoisotopic (exact) mass is 451 g/mol. The second kappa shape index (κ2) is 8.55. The van der Waals surface area contributed by atoms with E-state index in [1.54, 1.807) is 13.8 Å². The number of anilines is 1. The summed E-state index contributed by atoms with van der Waals surface area (Å²) in [6.07, 6.45) is 0. The van der Waals surface area contributed by atoms with E-state index in [2.05, 4.69) is 10.3 Å². The standard InChI is InChI=1S/C20H19ClFN3O4S/c1-3-25(4-2)30(28,29)13-6-8-17-14(10-13)15(11-19(26)23-17)20(27)24-18-7-5-12(21)9-16(18)22/h5-11H,3-4H2,1-2H3,(H,23,26)(H,24,27). The fourth-order valence-corrected chi connectivity index (χ4v) is 4.72. The van der Waals surface area contributed by atoms with Crippen LogP contribution in [-0.4, -0.2) is 36.7 Å². The molecule has 3 aromatic rings. The van der Waals surface area contributed by atoms with Gasteiger partial charge in [0.15, 0.2) is 0 Å². The first-order chi connectivity index (χ1) is 14.2. The van der Waals surface area contributed by atoms with Gasteiger partial charge in [-0.15, -0.1) is 0 Å². The van der Waals surface area contributed by atoms with Crippen LogP contribution in [0.3, 0.4) is 0 Å². The number of rotatable bonds is 6. The number of fused-ring (bicyclic) bond motifs is 1. The van der Waals surface area contributed by atoms with E-state index in [1.165, 1.54) is 34.6 Å². The minimum absolute atomic E-state index is 0.0162. The van der Waals surface area contributed by atoms with Crippen LogP contribution in [0.25, 0.3) is 10.9 Å². The molecule has 0 saturated carbocycles. The van der Waals surface area contributed by atoms with Crippen LogP contribution in [0.15, 0.2) is 52.2 Å². The maximum absolute atomic E-state index is 14.1. The molecule has 3 rings (SSSR count). The summed E-state index contributed by atoms with van der Waals surface area (Å²) in [5, 5.41) is 2.77. The lowest BCUT2D eigenvalue weighted by atomic mass is 10.1. The van der Waals surface area contributed by atoms with Crippen LogP contribution in [0, 0.1) is 5.82 Å². The third-order valence-electron chi connectivity index (χ3n) is 4.58. The number of carbonyl (C=O) groups is 1. The minimum Gasteiger partial charge on any atom is -0.322 e. The number of sulfonamides is 1. The molecule has 0 aliphatic carbocycles. The third-order valence-corrected chi connectivity index (χ3v) is 6.86. The molecule has 0 atom stereocenters. The molecule has 0 saturated heterocycles. The summed E-state index contributed by atoms with van der Waals surface area (Å²) in [5.41, 5.74) is -0.476. The Labute approximate surface area is 177 Å². The van der Waals surface area contributed by atoms with Gasteiger partial charge in [-0.1, -0.05) is 25.4 Å². The zero-order valence-electron chi connectivity index (χ0n) is 16.2. The summed E-state index contributed by atoms with van der Waals surface area (Å²) >= 11 is 5.72. The highest BCUT2D eigenvalue weighted by molar-refractivity contribution is 7.89. The average molecular weight is 452 g/mol. The van der Waals surface area contributed by atoms with Crippen molar-refractivity contribution >= 4 is 44.1 Å². The van der Waals surface area contributed by atoms with Gasteiger partial charge in [0.05, 0.1) is 16.1 Å². The van der Waals surface area contributed by atoms with Crippen molar-refractivity contribution in [3.8, 4) is 0 Å². The Bertz CT molecular complexity index is 1290. The number of H-pyrrole nitrogens is 1. The summed E-state index contributed by atoms with van der Waals surface area (Å²) in [5.74, 6) is -1.50. The molecule has 2 N–H and O–H groups in total. The molecule has 7 nitrogen and oxygen atoms in total. The first-order valence-corrected chi connectivity index (χ1v) is 10.9. The molecule has 0 unspecified atom stereocenters. The van der Waals surface area contributed by atoms with Crippen molar-refractivity contribution in [3.63, 3.8) is 0 Å². The molecular formula is C20H19ClFN3O4S. The number of halogens is 2. The van der Waals surface area contributed by atoms with Gasteiger partial charge in [0.1, 0.15) is 5.82 Å². The number of benzene rings is 2. The lowest BCUT2D eigenvalue weighted by Crippen LogP contribution is -2.30. The second-order valence-electron chi connectivity index (χ2n) is 6.42. The second-order valence-corrected chi connectivity index (χ2v) is 8.80. The Morgan fingerprint density at radius 3 is 2.47 bits per heavy atom. The van der Waals surface area contributed by atoms with Gasteiger partial charge in [0.2, 0.25) is 15.6 Å². The highest BCUT2D eigenvalue weighted by Gasteiger charge is 2.23. The summed E-state index contributed by atoms with van der Waals surface area (Å²) in [6.45, 7) is 4.01. The number of amides is 1. The van der Waals surface area contributed by atoms with Crippen LogP contribution in [0.5, 0.6) is 0 Å². The third kappa shape index (κ3) is 4.23. The quantitative estimate of drug-likeness (QED) is 0.598. The largest absolute Gasteiger partial charge is 0.322 e. The van der Waals surface area contributed by atoms with Gasteiger partial charge in [-0.2, -0.15) is 4.31 Å². The highest BCUT2D eigenvalue weighted by Crippen LogP contribution is 2.24. The van der Waals surface area contributed by atoms with E-state index in [0.717, 1.165) is 12.1 Å². The van der Waals surface area contributed by atoms with Crippen LogP contribution in [0.1, 0.15) is 24.2 Å². The van der Waals surface area contributed by atoms with E-state index in [-0.39, 0.29) is 45.2 Å². The van der Waals surface area contributed by atoms with Gasteiger partial charge in [-0.25, -0.2) is 12.8 Å². The predicted molar refractivity (Wildman–Crippen MR) is 114 cm³/mol. The first kappa shape index (κ1) is 21.9. The fourth-order valence-electron chi connectivity index (χ4n) is 3.07. The molecule has 10 heteroatoms. The Morgan fingerprint density at radius 2 is 1.83 bits per heavy atom. The molecule has 30 heavy (non-hydrogen) atoms. The lowest BCUT2D eigenvalue weighted by Gasteiger charge is -2.19. The average Bonchev–Trinajstić information content (AvgIpc) is 2.69. The van der Waals surface area contributed by atoms with Crippen molar-refractivity contribution < 1.29 is 17.6 Å². The molecule has 158 valence electrons. The lowest BCUT2D eigenvalue weighted by molar-refractivity contribution is 0.102. The van der Waals surface area contributed by atoms with Crippen LogP contribution in [0.4, 0.5) is 10.1 Å². The molecule has 1 aromatic heterocycles. The number of carbonyl (C=O) groups excluding carboxylic acids is 1. The zero-order valence-corrected chi connectivity index (χ0v) is 17.8. The van der Waals surface area contributed by atoms with Gasteiger partial charge >= 0.3 is 0 Å². The Balaban J connectivity index is 2.12. The highest BCUT2D eigenvalue weighted by atomic mass is 35.5. The first-order valence-electron chi connectivity index (χ1n) is 9.11. The van der Waals surface area contributed by atoms with E-state index in [1.807, 2.05) is 0 Å². The van der Waals surface area contributed by atoms with E-state index >= 15 is 0 Å². The van der Waals surface area contributed by atoms with Crippen LogP contribution < -0.4 is 10.9 Å². The Kier molecular flexibility index (Phi) is 6.25. The number of nitrogens with one attached hydrogen (secondary N) is 2. The van der Waals surface area contributed by atoms with Crippen molar-refractivity contribution in [3.05, 3.63) is 69.2 Å². The minimum atomic E-state index is -3.78. The summed E-state index contributed by atoms with van der Waals surface area (Å²) in [4.78, 5) is 27.4. The molecule has 1 heterocycles. The molecular weight excluding hydrogens is 433 g/mol. The number of aromatic amines is 1. The van der Waals surface area contributed by atoms with E-state index < -0.39 is 27.3 Å². The Morgan fingerprint density at radius 1 is 1.13 bits per heavy atom. The van der Waals surface area contributed by atoms with Gasteiger partial charge in [-0.3, -0.25) is 9.59 Å². The molecule has 0 radical (unpaired) electrons. The maximum Gasteiger partial charge on any atom is 0.256 e. The van der Waals surface area contributed by atoms with Crippen molar-refractivity contribution in [2.45, 2.75) is 18.7 Å². The SMILES string of the molecule is CCN(CC)S(=O)(=O)c1ccc2[nH]c(=O)cc(C(=O)Nc3ccc(Cl)cc3F)c2c1. The molecule has 1 amide bonds. The number of pyridine rings is 1. The fraction of sp³-hybridized carbons (Fsp3) is 0.200. The Hall–Kier alpha value is -2.75. The predicted octanol–water partition coefficient (Wildman–Crippen LogP) is 3.60. The normalized spacial score (nSPS) is 11.8. The summed E-state index contributed by atoms with van der Waals surface area (Å²) < 4.78 is 41.0. The van der Waals surface area contributed by atoms with Gasteiger partial charge in [-0.05, 0) is 36.4 Å². The number of hydrogen-bond donors (Lipinski definition) is 2. The van der Waals surface area contributed by atoms with Crippen LogP contribution in [-0.2, 0) is 10.0 Å². The molecule has 0 aliphatic heterocycles. The molecule has 2 aromatic carbocycles. The molecule has 0 spiro atoms. The van der Waals surface area contributed by atoms with Crippen molar-refractivity contribution in [1.29, 1.82) is 0 Å². The molecule has 0 aliphatic rings. The van der Waals surface area contributed by atoms with Gasteiger partial charge in [0, 0.05) is 35.1 Å². The summed E-state index contributed by atoms with van der Waals surface area (Å²) in [6, 6.07) is 8.90. The van der Waals surface area contributed by atoms with E-state index in [0.29, 0.717) is 0 Å². The van der Waals surface area contributed by atoms with Crippen molar-refractivity contribution in [2.24, 2.45) is 0 Å². The van der Waals surface area contributed by atoms with Gasteiger partial charge in [0.25, 0.3) is 5.91 Å². The molecule has 0 bridgehead atoms. The van der Waals surface area contributed by atoms with Crippen LogP contribution >= 0.6 is 11.6 Å². The summed E-state index contributed by atoms with van der Waals surface area (Å²) in [7, 11) is -3.78. The zero-order chi connectivity index (χ0) is 22.1. The smallest absolute Gasteiger partial charge is 0.256 e. The molecule has 0 fully saturated rings. The van der Waals surface area contributed by atoms with Gasteiger partial charge < -0.3 is 10.3 Å². The van der Waals surface area contributed by atoms with Crippen molar-refractivity contribution in [2.75, 3.05) is 18.4 Å². The number of nitrogens with zero attached hydrogens (tertiary/aromatic N) is 1.